The van der Waals surface area contributed by atoms with E-state index in [1.54, 1.807) is 0 Å². The summed E-state index contributed by atoms with van der Waals surface area (Å²) in [7, 11) is 1.15. The lowest BCUT2D eigenvalue weighted by Gasteiger charge is -2.26. The van der Waals surface area contributed by atoms with E-state index in [1.165, 1.54) is 6.07 Å². The molecule has 0 spiro atoms. The molecule has 0 aromatic carbocycles. The fourth-order valence-electron chi connectivity index (χ4n) is 3.24. The molecule has 0 aromatic heterocycles. The van der Waals surface area contributed by atoms with E-state index in [-0.39, 0.29) is 5.57 Å². The molecule has 3 rings (SSSR count). The van der Waals surface area contributed by atoms with Gasteiger partial charge in [-0.25, -0.2) is 9.29 Å². The first kappa shape index (κ1) is 18.0. The van der Waals surface area contributed by atoms with Gasteiger partial charge in [0.2, 0.25) is 0 Å². The minimum Gasteiger partial charge on any atom is -0.399 e. The second kappa shape index (κ2) is 6.84. The van der Waals surface area contributed by atoms with E-state index in [0.717, 1.165) is 26.0 Å². The minimum absolute atomic E-state index is 0.348. The molecule has 1 atom stereocenters. The first-order valence-electron chi connectivity index (χ1n) is 7.84. The van der Waals surface area contributed by atoms with Gasteiger partial charge >= 0.3 is 0 Å². The van der Waals surface area contributed by atoms with Crippen molar-refractivity contribution in [3.05, 3.63) is 33.5 Å². The summed E-state index contributed by atoms with van der Waals surface area (Å²) < 4.78 is 15.0. The van der Waals surface area contributed by atoms with Crippen LogP contribution in [0.15, 0.2) is 38.7 Å². The first-order valence-corrected chi connectivity index (χ1v) is 8.22. The number of ketones is 1. The third-order valence-electron chi connectivity index (χ3n) is 4.44. The molecule has 0 radical (unpaired) electrons. The molecule has 0 saturated heterocycles. The van der Waals surface area contributed by atoms with Crippen LogP contribution in [-0.4, -0.2) is 41.5 Å². The number of carbonyl (C=O) groups excluding carboxylic acids is 3. The molecule has 1 unspecified atom stereocenters. The lowest BCUT2D eigenvalue weighted by atomic mass is 9.93. The maximum atomic E-state index is 15.0. The van der Waals surface area contributed by atoms with E-state index in [9.17, 15) is 14.4 Å². The third kappa shape index (κ3) is 2.65. The first-order chi connectivity index (χ1) is 12.4. The van der Waals surface area contributed by atoms with Crippen LogP contribution < -0.4 is 0 Å². The fraction of sp³-hybridized carbons (Fsp3) is 0.353. The van der Waals surface area contributed by atoms with Gasteiger partial charge in [-0.15, -0.1) is 0 Å². The second-order valence-corrected chi connectivity index (χ2v) is 6.25. The molecule has 9 heteroatoms. The lowest BCUT2D eigenvalue weighted by molar-refractivity contribution is -0.135. The predicted octanol–water partition coefficient (Wildman–Crippen LogP) is 2.05. The Bertz CT molecular complexity index is 866. The van der Waals surface area contributed by atoms with Gasteiger partial charge in [0.25, 0.3) is 17.6 Å². The number of nitriles is 1. The number of allylic oxidation sites excluding steroid dienone is 4. The number of Topliss-reactive ketones (excluding diaryl/α,β-unsaturated/α-hetero) is 1. The molecule has 0 N–H and O–H groups in total. The van der Waals surface area contributed by atoms with Gasteiger partial charge in [0.1, 0.15) is 18.9 Å². The molecule has 134 valence electrons. The zero-order valence-electron chi connectivity index (χ0n) is 13.7. The maximum absolute atomic E-state index is 15.0. The Morgan fingerprint density at radius 3 is 2.42 bits per heavy atom. The van der Waals surface area contributed by atoms with Crippen LogP contribution in [0, 0.1) is 11.3 Å². The highest BCUT2D eigenvalue weighted by Crippen LogP contribution is 2.38. The molecule has 26 heavy (non-hydrogen) atoms. The summed E-state index contributed by atoms with van der Waals surface area (Å²) in [5.74, 6) is -2.27. The molecule has 3 aliphatic rings. The Kier molecular flexibility index (Phi) is 4.74. The van der Waals surface area contributed by atoms with Crippen LogP contribution in [0.4, 0.5) is 4.39 Å². The van der Waals surface area contributed by atoms with E-state index in [4.69, 9.17) is 16.9 Å². The molecule has 1 aliphatic heterocycles. The number of imide groups is 1. The van der Waals surface area contributed by atoms with Gasteiger partial charge in [0.15, 0.2) is 6.17 Å². The van der Waals surface area contributed by atoms with Gasteiger partial charge in [-0.3, -0.25) is 14.4 Å². The Morgan fingerprint density at radius 2 is 1.92 bits per heavy atom. The van der Waals surface area contributed by atoms with Gasteiger partial charge in [-0.05, 0) is 31.8 Å². The summed E-state index contributed by atoms with van der Waals surface area (Å²) in [6, 6.07) is 1.38. The number of amides is 2. The summed E-state index contributed by atoms with van der Waals surface area (Å²) in [4.78, 5) is 42.4. The van der Waals surface area contributed by atoms with Gasteiger partial charge in [0, 0.05) is 11.1 Å². The van der Waals surface area contributed by atoms with Crippen molar-refractivity contribution >= 4 is 34.9 Å². The largest absolute Gasteiger partial charge is 0.399 e. The van der Waals surface area contributed by atoms with E-state index in [0.29, 0.717) is 28.9 Å². The fourth-order valence-corrected chi connectivity index (χ4v) is 3.51. The minimum atomic E-state index is -2.06. The number of hydrogen-bond donors (Lipinski definition) is 0. The van der Waals surface area contributed by atoms with Crippen LogP contribution in [0.25, 0.3) is 0 Å². The quantitative estimate of drug-likeness (QED) is 0.425. The monoisotopic (exact) mass is 377 g/mol. The number of oxime groups is 1. The maximum Gasteiger partial charge on any atom is 0.263 e. The molecule has 1 heterocycles. The highest BCUT2D eigenvalue weighted by molar-refractivity contribution is 6.47. The van der Waals surface area contributed by atoms with Crippen LogP contribution >= 0.6 is 11.6 Å². The number of alkyl halides is 1. The number of halogens is 2. The third-order valence-corrected chi connectivity index (χ3v) is 4.83. The molecule has 0 bridgehead atoms. The molecular formula is C17H13ClFN3O4. The van der Waals surface area contributed by atoms with Gasteiger partial charge in [0.05, 0.1) is 16.3 Å². The van der Waals surface area contributed by atoms with E-state index in [1.807, 2.05) is 0 Å². The number of hydrogen-bond acceptors (Lipinski definition) is 6. The Morgan fingerprint density at radius 1 is 1.35 bits per heavy atom. The van der Waals surface area contributed by atoms with E-state index < -0.39 is 40.2 Å². The van der Waals surface area contributed by atoms with Gasteiger partial charge < -0.3 is 4.84 Å². The smallest absolute Gasteiger partial charge is 0.263 e. The van der Waals surface area contributed by atoms with Gasteiger partial charge in [-0.2, -0.15) is 5.26 Å². The number of carbonyl (C=O) groups is 3. The van der Waals surface area contributed by atoms with Gasteiger partial charge in [-0.1, -0.05) is 16.8 Å². The normalized spacial score (nSPS) is 24.7. The Balaban J connectivity index is 2.11. The molecule has 0 aromatic rings. The summed E-state index contributed by atoms with van der Waals surface area (Å²) in [5.41, 5.74) is -0.481. The summed E-state index contributed by atoms with van der Waals surface area (Å²) in [6.07, 6.45) is 1.32. The van der Waals surface area contributed by atoms with Crippen LogP contribution in [0.1, 0.15) is 25.7 Å². The van der Waals surface area contributed by atoms with E-state index in [2.05, 4.69) is 9.99 Å². The van der Waals surface area contributed by atoms with Crippen molar-refractivity contribution in [1.29, 1.82) is 5.26 Å². The molecule has 2 amide bonds. The predicted molar refractivity (Wildman–Crippen MR) is 88.3 cm³/mol. The number of nitrogens with zero attached hydrogens (tertiary/aromatic N) is 3. The number of rotatable bonds is 3. The van der Waals surface area contributed by atoms with E-state index >= 15 is 4.39 Å². The van der Waals surface area contributed by atoms with Crippen LogP contribution in [0.3, 0.4) is 0 Å². The van der Waals surface area contributed by atoms with Crippen molar-refractivity contribution in [1.82, 2.24) is 4.90 Å². The summed E-state index contributed by atoms with van der Waals surface area (Å²) >= 11 is 5.98. The van der Waals surface area contributed by atoms with Crippen LogP contribution in [-0.2, 0) is 19.2 Å². The second-order valence-electron chi connectivity index (χ2n) is 5.87. The topological polar surface area (TPSA) is 99.8 Å². The molecular weight excluding hydrogens is 365 g/mol. The zero-order valence-corrected chi connectivity index (χ0v) is 14.5. The summed E-state index contributed by atoms with van der Waals surface area (Å²) in [6.45, 7) is 0. The van der Waals surface area contributed by atoms with Crippen molar-refractivity contribution in [2.45, 2.75) is 31.9 Å². The molecule has 0 saturated carbocycles. The Labute approximate surface area is 153 Å². The average molecular weight is 378 g/mol. The highest BCUT2D eigenvalue weighted by atomic mass is 35.5. The van der Waals surface area contributed by atoms with Crippen molar-refractivity contribution in [2.75, 3.05) is 7.11 Å². The van der Waals surface area contributed by atoms with Crippen LogP contribution in [0.5, 0.6) is 0 Å². The standard InChI is InChI=1S/C17H13ClFN3O4/c1-26-21-15-13(18)10(12(23)7-20)6-11(14(15)19)22-16(24)8-4-2-3-5-9(8)17(22)25/h6,14H,2-5H2,1H3. The summed E-state index contributed by atoms with van der Waals surface area (Å²) in [5, 5.41) is 11.9. The van der Waals surface area contributed by atoms with Crippen molar-refractivity contribution < 1.29 is 23.6 Å². The van der Waals surface area contributed by atoms with Crippen molar-refractivity contribution in [2.24, 2.45) is 5.16 Å². The molecule has 0 fully saturated rings. The van der Waals surface area contributed by atoms with Crippen molar-refractivity contribution in [3.8, 4) is 6.07 Å². The Hall–Kier alpha value is -2.79. The molecule has 7 nitrogen and oxygen atoms in total. The molecule has 2 aliphatic carbocycles. The van der Waals surface area contributed by atoms with Crippen LogP contribution in [0.2, 0.25) is 0 Å². The zero-order chi connectivity index (χ0) is 19.0. The highest BCUT2D eigenvalue weighted by Gasteiger charge is 2.45. The SMILES string of the molecule is CON=C1C(Cl)=C(C(=O)C#N)C=C(N2C(=O)C3=C(CCCC3)C2=O)C1F. The average Bonchev–Trinajstić information content (AvgIpc) is 2.90. The van der Waals surface area contributed by atoms with Crippen molar-refractivity contribution in [3.63, 3.8) is 0 Å². The lowest BCUT2D eigenvalue weighted by Crippen LogP contribution is -2.40.